The summed E-state index contributed by atoms with van der Waals surface area (Å²) in [6, 6.07) is 1.89. The molecule has 2 aromatic rings. The molecular formula is C6H8N6. The van der Waals surface area contributed by atoms with E-state index in [-0.39, 0.29) is 0 Å². The average Bonchev–Trinajstić information content (AvgIpc) is 2.74. The highest BCUT2D eigenvalue weighted by Crippen LogP contribution is 1.90. The van der Waals surface area contributed by atoms with Gasteiger partial charge in [0.05, 0.1) is 0 Å². The molecule has 0 saturated carbocycles. The second kappa shape index (κ2) is 3.12. The van der Waals surface area contributed by atoms with E-state index in [9.17, 15) is 0 Å². The molecule has 2 rings (SSSR count). The van der Waals surface area contributed by atoms with E-state index in [0.29, 0.717) is 5.82 Å². The first kappa shape index (κ1) is 6.96. The van der Waals surface area contributed by atoms with Gasteiger partial charge in [-0.05, 0) is 6.07 Å². The Bertz CT molecular complexity index is 275. The number of aromatic amines is 1. The van der Waals surface area contributed by atoms with Crippen LogP contribution < -0.4 is 0 Å². The number of rotatable bonds is 3. The third-order valence-corrected chi connectivity index (χ3v) is 1.51. The van der Waals surface area contributed by atoms with Crippen LogP contribution >= 0.6 is 0 Å². The first-order valence-corrected chi connectivity index (χ1v) is 3.65. The summed E-state index contributed by atoms with van der Waals surface area (Å²) in [6.45, 7) is 0.784. The first-order chi connectivity index (χ1) is 5.95. The molecule has 6 nitrogen and oxygen atoms in total. The minimum absolute atomic E-state index is 0.713. The minimum Gasteiger partial charge on any atom is -0.272 e. The predicted octanol–water partition coefficient (Wildman–Crippen LogP) is -0.361. The van der Waals surface area contributed by atoms with E-state index in [4.69, 9.17) is 0 Å². The number of nitrogens with one attached hydrogen (secondary N) is 1. The van der Waals surface area contributed by atoms with Gasteiger partial charge in [0, 0.05) is 25.4 Å². The molecule has 0 aliphatic carbocycles. The van der Waals surface area contributed by atoms with Crippen molar-refractivity contribution in [1.29, 1.82) is 0 Å². The fourth-order valence-electron chi connectivity index (χ4n) is 0.936. The molecule has 6 heteroatoms. The number of aromatic nitrogens is 6. The molecular weight excluding hydrogens is 156 g/mol. The lowest BCUT2D eigenvalue weighted by atomic mass is 10.4. The van der Waals surface area contributed by atoms with Crippen molar-refractivity contribution in [2.75, 3.05) is 0 Å². The molecule has 2 aromatic heterocycles. The Labute approximate surface area is 68.6 Å². The van der Waals surface area contributed by atoms with Crippen LogP contribution in [0.15, 0.2) is 18.5 Å². The van der Waals surface area contributed by atoms with Crippen molar-refractivity contribution in [2.24, 2.45) is 0 Å². The van der Waals surface area contributed by atoms with E-state index in [1.165, 1.54) is 0 Å². The van der Waals surface area contributed by atoms with E-state index in [0.717, 1.165) is 13.0 Å². The Morgan fingerprint density at radius 1 is 1.50 bits per heavy atom. The Hall–Kier alpha value is -1.72. The number of hydrogen-bond acceptors (Lipinski definition) is 4. The molecule has 0 fully saturated rings. The summed E-state index contributed by atoms with van der Waals surface area (Å²) < 4.78 is 1.83. The summed E-state index contributed by atoms with van der Waals surface area (Å²) in [7, 11) is 0. The quantitative estimate of drug-likeness (QED) is 0.672. The van der Waals surface area contributed by atoms with E-state index >= 15 is 0 Å². The summed E-state index contributed by atoms with van der Waals surface area (Å²) in [5.74, 6) is 0.713. The molecule has 0 aromatic carbocycles. The van der Waals surface area contributed by atoms with Crippen LogP contribution in [0.5, 0.6) is 0 Å². The Balaban J connectivity index is 1.91. The van der Waals surface area contributed by atoms with E-state index in [1.54, 1.807) is 6.20 Å². The van der Waals surface area contributed by atoms with Crippen LogP contribution in [0.3, 0.4) is 0 Å². The molecule has 2 heterocycles. The zero-order valence-corrected chi connectivity index (χ0v) is 6.38. The summed E-state index contributed by atoms with van der Waals surface area (Å²) in [4.78, 5) is 0. The van der Waals surface area contributed by atoms with Gasteiger partial charge in [-0.1, -0.05) is 5.21 Å². The molecule has 0 aliphatic rings. The highest BCUT2D eigenvalue weighted by molar-refractivity contribution is 4.80. The number of tetrazole rings is 1. The highest BCUT2D eigenvalue weighted by atomic mass is 15.5. The molecule has 0 saturated heterocycles. The van der Waals surface area contributed by atoms with Crippen LogP contribution in [0.2, 0.25) is 0 Å². The number of H-pyrrole nitrogens is 1. The summed E-state index contributed by atoms with van der Waals surface area (Å²) in [6.07, 6.45) is 4.40. The molecule has 0 aliphatic heterocycles. The minimum atomic E-state index is 0.713. The second-order valence-corrected chi connectivity index (χ2v) is 2.35. The lowest BCUT2D eigenvalue weighted by Gasteiger charge is -1.95. The van der Waals surface area contributed by atoms with Gasteiger partial charge in [0.2, 0.25) is 0 Å². The topological polar surface area (TPSA) is 72.3 Å². The van der Waals surface area contributed by atoms with Gasteiger partial charge in [-0.25, -0.2) is 0 Å². The van der Waals surface area contributed by atoms with Crippen molar-refractivity contribution < 1.29 is 0 Å². The van der Waals surface area contributed by atoms with Crippen molar-refractivity contribution in [2.45, 2.75) is 13.0 Å². The first-order valence-electron chi connectivity index (χ1n) is 3.65. The lowest BCUT2D eigenvalue weighted by molar-refractivity contribution is 0.600. The molecule has 12 heavy (non-hydrogen) atoms. The van der Waals surface area contributed by atoms with E-state index in [1.807, 2.05) is 16.9 Å². The van der Waals surface area contributed by atoms with Gasteiger partial charge in [-0.3, -0.25) is 4.68 Å². The second-order valence-electron chi connectivity index (χ2n) is 2.35. The average molecular weight is 164 g/mol. The molecule has 0 unspecified atom stereocenters. The third-order valence-electron chi connectivity index (χ3n) is 1.51. The summed E-state index contributed by atoms with van der Waals surface area (Å²) >= 11 is 0. The molecule has 0 radical (unpaired) electrons. The van der Waals surface area contributed by atoms with Crippen LogP contribution in [0.1, 0.15) is 5.82 Å². The Morgan fingerprint density at radius 2 is 2.50 bits per heavy atom. The van der Waals surface area contributed by atoms with Gasteiger partial charge in [0.15, 0.2) is 5.82 Å². The SMILES string of the molecule is c1cnn(CCc2nn[nH]n2)c1. The third kappa shape index (κ3) is 1.47. The largest absolute Gasteiger partial charge is 0.272 e. The number of hydrogen-bond donors (Lipinski definition) is 1. The van der Waals surface area contributed by atoms with Gasteiger partial charge in [-0.2, -0.15) is 10.3 Å². The summed E-state index contributed by atoms with van der Waals surface area (Å²) in [5, 5.41) is 17.6. The van der Waals surface area contributed by atoms with Crippen molar-refractivity contribution in [1.82, 2.24) is 30.4 Å². The van der Waals surface area contributed by atoms with Crippen LogP contribution in [-0.2, 0) is 13.0 Å². The van der Waals surface area contributed by atoms with Crippen molar-refractivity contribution >= 4 is 0 Å². The maximum Gasteiger partial charge on any atom is 0.176 e. The molecule has 0 atom stereocenters. The normalized spacial score (nSPS) is 10.3. The van der Waals surface area contributed by atoms with Gasteiger partial charge < -0.3 is 0 Å². The fourth-order valence-corrected chi connectivity index (χ4v) is 0.936. The number of aryl methyl sites for hydroxylation is 2. The molecule has 0 amide bonds. The van der Waals surface area contributed by atoms with Crippen LogP contribution in [0.25, 0.3) is 0 Å². The predicted molar refractivity (Wildman–Crippen MR) is 40.1 cm³/mol. The van der Waals surface area contributed by atoms with Crippen molar-refractivity contribution in [3.05, 3.63) is 24.3 Å². The van der Waals surface area contributed by atoms with Crippen molar-refractivity contribution in [3.63, 3.8) is 0 Å². The number of nitrogens with zero attached hydrogens (tertiary/aromatic N) is 5. The van der Waals surface area contributed by atoms with Gasteiger partial charge in [0.1, 0.15) is 0 Å². The van der Waals surface area contributed by atoms with Gasteiger partial charge in [0.25, 0.3) is 0 Å². The zero-order valence-electron chi connectivity index (χ0n) is 6.38. The maximum absolute atomic E-state index is 4.05. The molecule has 1 N–H and O–H groups in total. The summed E-state index contributed by atoms with van der Waals surface area (Å²) in [5.41, 5.74) is 0. The lowest BCUT2D eigenvalue weighted by Crippen LogP contribution is -2.02. The zero-order chi connectivity index (χ0) is 8.23. The fraction of sp³-hybridized carbons (Fsp3) is 0.333. The molecule has 62 valence electrons. The Kier molecular flexibility index (Phi) is 1.81. The van der Waals surface area contributed by atoms with Gasteiger partial charge >= 0.3 is 0 Å². The van der Waals surface area contributed by atoms with E-state index < -0.39 is 0 Å². The standard InChI is InChI=1S/C6H8N6/c1-3-7-12(4-1)5-2-6-8-10-11-9-6/h1,3-4H,2,5H2,(H,8,9,10,11). The van der Waals surface area contributed by atoms with Gasteiger partial charge in [-0.15, -0.1) is 10.2 Å². The van der Waals surface area contributed by atoms with Crippen LogP contribution in [0.4, 0.5) is 0 Å². The molecule has 0 spiro atoms. The highest BCUT2D eigenvalue weighted by Gasteiger charge is 1.97. The van der Waals surface area contributed by atoms with Crippen molar-refractivity contribution in [3.8, 4) is 0 Å². The Morgan fingerprint density at radius 3 is 3.17 bits per heavy atom. The molecule has 0 bridgehead atoms. The van der Waals surface area contributed by atoms with Crippen LogP contribution in [-0.4, -0.2) is 30.4 Å². The smallest absolute Gasteiger partial charge is 0.176 e. The maximum atomic E-state index is 4.05. The van der Waals surface area contributed by atoms with Crippen LogP contribution in [0, 0.1) is 0 Å². The monoisotopic (exact) mass is 164 g/mol. The van der Waals surface area contributed by atoms with E-state index in [2.05, 4.69) is 25.7 Å².